The lowest BCUT2D eigenvalue weighted by molar-refractivity contribution is -0.134. The third-order valence-electron chi connectivity index (χ3n) is 2.97. The van der Waals surface area contributed by atoms with Gasteiger partial charge in [0.15, 0.2) is 0 Å². The van der Waals surface area contributed by atoms with E-state index in [4.69, 9.17) is 0 Å². The average Bonchev–Trinajstić information content (AvgIpc) is 2.34. The van der Waals surface area contributed by atoms with Crippen molar-refractivity contribution in [3.8, 4) is 0 Å². The normalized spacial score (nSPS) is 13.4. The molecule has 0 aliphatic rings. The van der Waals surface area contributed by atoms with Crippen molar-refractivity contribution in [3.05, 3.63) is 35.5 Å². The molecule has 0 heterocycles. The maximum atomic E-state index is 11.0. The predicted molar refractivity (Wildman–Crippen MR) is 82.0 cm³/mol. The number of hydrogen-bond acceptors (Lipinski definition) is 2. The summed E-state index contributed by atoms with van der Waals surface area (Å²) < 4.78 is 4.57. The van der Waals surface area contributed by atoms with Crippen molar-refractivity contribution in [2.45, 2.75) is 53.4 Å². The van der Waals surface area contributed by atoms with Crippen LogP contribution in [0.5, 0.6) is 0 Å². The fraction of sp³-hybridized carbons (Fsp3) is 0.588. The highest BCUT2D eigenvalue weighted by atomic mass is 16.5. The molecule has 2 nitrogen and oxygen atoms in total. The van der Waals surface area contributed by atoms with Crippen LogP contribution in [0.4, 0.5) is 0 Å². The lowest BCUT2D eigenvalue weighted by Crippen LogP contribution is -1.95. The summed E-state index contributed by atoms with van der Waals surface area (Å²) in [4.78, 5) is 11.0. The lowest BCUT2D eigenvalue weighted by Gasteiger charge is -2.07. The van der Waals surface area contributed by atoms with E-state index in [0.29, 0.717) is 0 Å². The van der Waals surface area contributed by atoms with Crippen LogP contribution in [0.15, 0.2) is 35.5 Å². The van der Waals surface area contributed by atoms with Gasteiger partial charge < -0.3 is 4.74 Å². The number of esters is 1. The molecular formula is C17H28O2. The minimum absolute atomic E-state index is 0.294. The SMILES string of the molecule is COC(=O)/C=C(C)/C=C/CCC(C)CCC=C(C)C. The summed E-state index contributed by atoms with van der Waals surface area (Å²) >= 11 is 0. The third kappa shape index (κ3) is 11.5. The van der Waals surface area contributed by atoms with Gasteiger partial charge in [0, 0.05) is 6.08 Å². The standard InChI is InChI=1S/C17H28O2/c1-14(2)9-8-12-15(3)10-6-7-11-16(4)13-17(18)19-5/h7,9,11,13,15H,6,8,10,12H2,1-5H3/b11-7+,16-13+. The molecule has 108 valence electrons. The molecule has 1 unspecified atom stereocenters. The zero-order valence-electron chi connectivity index (χ0n) is 13.0. The lowest BCUT2D eigenvalue weighted by atomic mass is 9.99. The van der Waals surface area contributed by atoms with E-state index < -0.39 is 0 Å². The van der Waals surface area contributed by atoms with Crippen LogP contribution in [0.3, 0.4) is 0 Å². The predicted octanol–water partition coefficient (Wildman–Crippen LogP) is 4.82. The summed E-state index contributed by atoms with van der Waals surface area (Å²) in [6.07, 6.45) is 12.6. The highest BCUT2D eigenvalue weighted by Gasteiger charge is 1.99. The van der Waals surface area contributed by atoms with E-state index in [9.17, 15) is 4.79 Å². The molecule has 0 aliphatic carbocycles. The first-order valence-corrected chi connectivity index (χ1v) is 7.01. The van der Waals surface area contributed by atoms with E-state index in [-0.39, 0.29) is 5.97 Å². The molecule has 0 aliphatic heterocycles. The summed E-state index contributed by atoms with van der Waals surface area (Å²) in [5.41, 5.74) is 2.33. The Labute approximate surface area is 118 Å². The van der Waals surface area contributed by atoms with Crippen molar-refractivity contribution in [1.82, 2.24) is 0 Å². The van der Waals surface area contributed by atoms with Crippen molar-refractivity contribution >= 4 is 5.97 Å². The molecule has 1 atom stereocenters. The fourth-order valence-corrected chi connectivity index (χ4v) is 1.74. The van der Waals surface area contributed by atoms with Gasteiger partial charge in [0.2, 0.25) is 0 Å². The molecule has 0 saturated carbocycles. The number of ether oxygens (including phenoxy) is 1. The number of methoxy groups -OCH3 is 1. The molecule has 0 aromatic carbocycles. The van der Waals surface area contributed by atoms with Gasteiger partial charge in [-0.1, -0.05) is 30.7 Å². The van der Waals surface area contributed by atoms with Crippen LogP contribution in [-0.4, -0.2) is 13.1 Å². The zero-order chi connectivity index (χ0) is 14.7. The molecule has 0 fully saturated rings. The van der Waals surface area contributed by atoms with Gasteiger partial charge in [-0.2, -0.15) is 0 Å². The Morgan fingerprint density at radius 3 is 2.37 bits per heavy atom. The minimum Gasteiger partial charge on any atom is -0.466 e. The second-order valence-electron chi connectivity index (χ2n) is 5.36. The maximum Gasteiger partial charge on any atom is 0.330 e. The third-order valence-corrected chi connectivity index (χ3v) is 2.97. The minimum atomic E-state index is -0.294. The quantitative estimate of drug-likeness (QED) is 0.272. The molecule has 0 radical (unpaired) electrons. The van der Waals surface area contributed by atoms with Crippen LogP contribution >= 0.6 is 0 Å². The Morgan fingerprint density at radius 2 is 1.79 bits per heavy atom. The number of allylic oxidation sites excluding steroid dienone is 5. The first-order chi connectivity index (χ1) is 8.95. The summed E-state index contributed by atoms with van der Waals surface area (Å²) in [5, 5.41) is 0. The Bertz CT molecular complexity index is 344. The summed E-state index contributed by atoms with van der Waals surface area (Å²) in [5.74, 6) is 0.447. The average molecular weight is 264 g/mol. The summed E-state index contributed by atoms with van der Waals surface area (Å²) in [6.45, 7) is 8.49. The van der Waals surface area contributed by atoms with Gasteiger partial charge >= 0.3 is 5.97 Å². The molecule has 0 aromatic rings. The molecule has 2 heteroatoms. The number of carbonyl (C=O) groups is 1. The molecule has 0 bridgehead atoms. The van der Waals surface area contributed by atoms with E-state index in [1.165, 1.54) is 38.0 Å². The van der Waals surface area contributed by atoms with Crippen LogP contribution in [0.2, 0.25) is 0 Å². The van der Waals surface area contributed by atoms with E-state index in [2.05, 4.69) is 37.7 Å². The van der Waals surface area contributed by atoms with Crippen molar-refractivity contribution in [2.24, 2.45) is 5.92 Å². The van der Waals surface area contributed by atoms with Crippen molar-refractivity contribution < 1.29 is 9.53 Å². The van der Waals surface area contributed by atoms with Gasteiger partial charge in [-0.3, -0.25) is 0 Å². The van der Waals surface area contributed by atoms with Crippen LogP contribution in [0, 0.1) is 5.92 Å². The first kappa shape index (κ1) is 17.7. The highest BCUT2D eigenvalue weighted by molar-refractivity contribution is 5.83. The molecule has 0 spiro atoms. The van der Waals surface area contributed by atoms with Crippen LogP contribution in [0.1, 0.15) is 53.4 Å². The van der Waals surface area contributed by atoms with Crippen LogP contribution in [-0.2, 0) is 9.53 Å². The molecule has 0 N–H and O–H groups in total. The number of rotatable bonds is 8. The molecule has 0 amide bonds. The van der Waals surface area contributed by atoms with Gasteiger partial charge in [-0.25, -0.2) is 4.79 Å². The molecule has 0 aromatic heterocycles. The van der Waals surface area contributed by atoms with Crippen molar-refractivity contribution in [2.75, 3.05) is 7.11 Å². The fourth-order valence-electron chi connectivity index (χ4n) is 1.74. The van der Waals surface area contributed by atoms with Gasteiger partial charge in [0.05, 0.1) is 7.11 Å². The summed E-state index contributed by atoms with van der Waals surface area (Å²) in [6, 6.07) is 0. The van der Waals surface area contributed by atoms with E-state index in [1.54, 1.807) is 0 Å². The Morgan fingerprint density at radius 1 is 1.16 bits per heavy atom. The van der Waals surface area contributed by atoms with Gasteiger partial charge in [-0.15, -0.1) is 0 Å². The molecular weight excluding hydrogens is 236 g/mol. The maximum absolute atomic E-state index is 11.0. The molecule has 19 heavy (non-hydrogen) atoms. The van der Waals surface area contributed by atoms with Gasteiger partial charge in [-0.05, 0) is 57.9 Å². The second-order valence-corrected chi connectivity index (χ2v) is 5.36. The molecule has 0 rings (SSSR count). The monoisotopic (exact) mass is 264 g/mol. The second kappa shape index (κ2) is 10.6. The van der Waals surface area contributed by atoms with Crippen LogP contribution in [0.25, 0.3) is 0 Å². The number of hydrogen-bond donors (Lipinski definition) is 0. The topological polar surface area (TPSA) is 26.3 Å². The Kier molecular flexibility index (Phi) is 9.87. The van der Waals surface area contributed by atoms with Gasteiger partial charge in [0.25, 0.3) is 0 Å². The zero-order valence-corrected chi connectivity index (χ0v) is 13.0. The first-order valence-electron chi connectivity index (χ1n) is 7.01. The smallest absolute Gasteiger partial charge is 0.330 e. The Balaban J connectivity index is 3.86. The van der Waals surface area contributed by atoms with E-state index in [1.807, 2.05) is 13.0 Å². The van der Waals surface area contributed by atoms with E-state index in [0.717, 1.165) is 17.9 Å². The van der Waals surface area contributed by atoms with Crippen molar-refractivity contribution in [1.29, 1.82) is 0 Å². The summed E-state index contributed by atoms with van der Waals surface area (Å²) in [7, 11) is 1.39. The molecule has 0 saturated heterocycles. The highest BCUT2D eigenvalue weighted by Crippen LogP contribution is 2.14. The van der Waals surface area contributed by atoms with Crippen molar-refractivity contribution in [3.63, 3.8) is 0 Å². The Hall–Kier alpha value is -1.31. The van der Waals surface area contributed by atoms with Crippen LogP contribution < -0.4 is 0 Å². The van der Waals surface area contributed by atoms with E-state index >= 15 is 0 Å². The van der Waals surface area contributed by atoms with Gasteiger partial charge in [0.1, 0.15) is 0 Å². The largest absolute Gasteiger partial charge is 0.466 e. The number of carbonyl (C=O) groups excluding carboxylic acids is 1.